The molecule has 0 aliphatic carbocycles. The summed E-state index contributed by atoms with van der Waals surface area (Å²) in [5.41, 5.74) is 2.34. The first-order chi connectivity index (χ1) is 9.13. The van der Waals surface area contributed by atoms with Crippen molar-refractivity contribution >= 4 is 21.7 Å². The molecule has 0 saturated carbocycles. The van der Waals surface area contributed by atoms with Gasteiger partial charge >= 0.3 is 0 Å². The van der Waals surface area contributed by atoms with Crippen molar-refractivity contribution in [2.75, 3.05) is 0 Å². The van der Waals surface area contributed by atoms with E-state index in [1.54, 1.807) is 12.3 Å². The van der Waals surface area contributed by atoms with Crippen molar-refractivity contribution in [1.82, 2.24) is 10.2 Å². The van der Waals surface area contributed by atoms with Crippen LogP contribution in [0.3, 0.4) is 0 Å². The fourth-order valence-electron chi connectivity index (χ4n) is 2.66. The molecular weight excluding hydrogens is 239 g/mol. The minimum absolute atomic E-state index is 0.234. The maximum Gasteiger partial charge on any atom is 0.139 e. The van der Waals surface area contributed by atoms with E-state index >= 15 is 0 Å². The number of aromatic nitrogens is 2. The summed E-state index contributed by atoms with van der Waals surface area (Å²) in [6.45, 7) is 4.15. The monoisotopic (exact) mass is 252 g/mol. The van der Waals surface area contributed by atoms with Gasteiger partial charge in [0.05, 0.1) is 17.3 Å². The molecule has 2 nitrogen and oxygen atoms in total. The third-order valence-electron chi connectivity index (χ3n) is 3.44. The lowest BCUT2D eigenvalue weighted by atomic mass is 9.90. The Labute approximate surface area is 110 Å². The van der Waals surface area contributed by atoms with Crippen molar-refractivity contribution in [1.29, 1.82) is 0 Å². The van der Waals surface area contributed by atoms with E-state index in [2.05, 4.69) is 30.0 Å². The Morgan fingerprint density at radius 3 is 2.84 bits per heavy atom. The number of hydrogen-bond acceptors (Lipinski definition) is 1. The fourth-order valence-corrected chi connectivity index (χ4v) is 2.66. The summed E-state index contributed by atoms with van der Waals surface area (Å²) < 4.78 is 13.9. The zero-order valence-electron chi connectivity index (χ0n) is 10.8. The van der Waals surface area contributed by atoms with Crippen LogP contribution in [0.1, 0.15) is 30.9 Å². The first-order valence-corrected chi connectivity index (χ1v) is 6.18. The highest BCUT2D eigenvalue weighted by Gasteiger charge is 2.16. The molecule has 1 N–H and O–H groups in total. The summed E-state index contributed by atoms with van der Waals surface area (Å²) >= 11 is 0. The van der Waals surface area contributed by atoms with Crippen molar-refractivity contribution < 1.29 is 4.39 Å². The number of nitrogens with one attached hydrogen (secondary N) is 1. The number of terminal acetylenes is 1. The zero-order chi connectivity index (χ0) is 13.6. The van der Waals surface area contributed by atoms with Gasteiger partial charge in [-0.2, -0.15) is 5.10 Å². The summed E-state index contributed by atoms with van der Waals surface area (Å²) in [5, 5.41) is 9.81. The van der Waals surface area contributed by atoms with Gasteiger partial charge in [-0.15, -0.1) is 6.42 Å². The summed E-state index contributed by atoms with van der Waals surface area (Å²) in [5.74, 6) is 2.37. The Morgan fingerprint density at radius 1 is 1.37 bits per heavy atom. The highest BCUT2D eigenvalue weighted by molar-refractivity contribution is 6.03. The van der Waals surface area contributed by atoms with Gasteiger partial charge in [-0.3, -0.25) is 5.10 Å². The lowest BCUT2D eigenvalue weighted by Gasteiger charge is -2.14. The van der Waals surface area contributed by atoms with E-state index in [0.717, 1.165) is 27.2 Å². The van der Waals surface area contributed by atoms with E-state index in [9.17, 15) is 4.39 Å². The Kier molecular flexibility index (Phi) is 2.53. The number of nitrogens with zero attached hydrogens (tertiary/aromatic N) is 1. The predicted molar refractivity (Wildman–Crippen MR) is 75.6 cm³/mol. The Balaban J connectivity index is 2.63. The third-order valence-corrected chi connectivity index (χ3v) is 3.44. The van der Waals surface area contributed by atoms with Gasteiger partial charge in [0.1, 0.15) is 5.82 Å². The molecule has 0 atom stereocenters. The van der Waals surface area contributed by atoms with E-state index in [1.807, 2.05) is 6.07 Å². The average Bonchev–Trinajstić information content (AvgIpc) is 2.83. The van der Waals surface area contributed by atoms with E-state index in [1.165, 1.54) is 6.07 Å². The third kappa shape index (κ3) is 1.61. The number of hydrogen-bond donors (Lipinski definition) is 1. The van der Waals surface area contributed by atoms with E-state index in [4.69, 9.17) is 6.42 Å². The topological polar surface area (TPSA) is 28.7 Å². The second-order valence-electron chi connectivity index (χ2n) is 4.94. The van der Waals surface area contributed by atoms with Crippen molar-refractivity contribution in [2.24, 2.45) is 0 Å². The molecule has 3 aromatic rings. The van der Waals surface area contributed by atoms with Gasteiger partial charge in [-0.25, -0.2) is 4.39 Å². The lowest BCUT2D eigenvalue weighted by molar-refractivity contribution is 0.626. The Hall–Kier alpha value is -2.34. The van der Waals surface area contributed by atoms with Crippen LogP contribution >= 0.6 is 0 Å². The maximum absolute atomic E-state index is 13.9. The van der Waals surface area contributed by atoms with Gasteiger partial charge in [0.25, 0.3) is 0 Å². The summed E-state index contributed by atoms with van der Waals surface area (Å²) in [7, 11) is 0. The molecule has 0 aliphatic heterocycles. The molecule has 1 heterocycles. The normalized spacial score (nSPS) is 11.3. The second kappa shape index (κ2) is 4.10. The zero-order valence-corrected chi connectivity index (χ0v) is 10.8. The quantitative estimate of drug-likeness (QED) is 0.652. The van der Waals surface area contributed by atoms with Crippen LogP contribution in [0, 0.1) is 18.2 Å². The molecule has 1 aromatic heterocycles. The largest absolute Gasteiger partial charge is 0.278 e. The number of benzene rings is 2. The Bertz CT molecular complexity index is 822. The minimum Gasteiger partial charge on any atom is -0.278 e. The van der Waals surface area contributed by atoms with E-state index in [-0.39, 0.29) is 11.7 Å². The van der Waals surface area contributed by atoms with Crippen LogP contribution in [0.15, 0.2) is 24.4 Å². The number of fused-ring (bicyclic) bond motifs is 2. The van der Waals surface area contributed by atoms with Gasteiger partial charge in [-0.1, -0.05) is 25.8 Å². The van der Waals surface area contributed by atoms with Crippen LogP contribution < -0.4 is 0 Å². The van der Waals surface area contributed by atoms with Gasteiger partial charge in [0.15, 0.2) is 0 Å². The summed E-state index contributed by atoms with van der Waals surface area (Å²) in [6, 6.07) is 5.14. The highest BCUT2D eigenvalue weighted by atomic mass is 19.1. The van der Waals surface area contributed by atoms with Crippen LogP contribution in [0.5, 0.6) is 0 Å². The number of H-pyrrole nitrogens is 1. The van der Waals surface area contributed by atoms with Crippen molar-refractivity contribution in [2.45, 2.75) is 19.8 Å². The SMILES string of the molecule is C#Cc1c(F)ccc2cc3[nH]ncc3c(C(C)C)c12. The molecule has 0 saturated heterocycles. The molecule has 0 amide bonds. The first-order valence-electron chi connectivity index (χ1n) is 6.18. The lowest BCUT2D eigenvalue weighted by Crippen LogP contribution is -1.96. The standard InChI is InChI=1S/C16H13FN2/c1-4-11-13(17)6-5-10-7-14-12(8-18-19-14)15(9(2)3)16(10)11/h1,5-9H,2-3H3,(H,18,19). The summed E-state index contributed by atoms with van der Waals surface area (Å²) in [6.07, 6.45) is 7.26. The number of rotatable bonds is 1. The van der Waals surface area contributed by atoms with Gasteiger partial charge in [-0.05, 0) is 29.0 Å². The highest BCUT2D eigenvalue weighted by Crippen LogP contribution is 2.35. The van der Waals surface area contributed by atoms with Crippen LogP contribution in [0.4, 0.5) is 4.39 Å². The molecule has 2 aromatic carbocycles. The first kappa shape index (κ1) is 11.7. The van der Waals surface area contributed by atoms with Crippen molar-refractivity contribution in [3.05, 3.63) is 41.3 Å². The molecule has 19 heavy (non-hydrogen) atoms. The molecule has 3 rings (SSSR count). The maximum atomic E-state index is 13.9. The smallest absolute Gasteiger partial charge is 0.139 e. The molecule has 0 radical (unpaired) electrons. The van der Waals surface area contributed by atoms with Crippen LogP contribution in [0.2, 0.25) is 0 Å². The Morgan fingerprint density at radius 2 is 2.16 bits per heavy atom. The van der Waals surface area contributed by atoms with Gasteiger partial charge < -0.3 is 0 Å². The molecule has 3 heteroatoms. The molecular formula is C16H13FN2. The van der Waals surface area contributed by atoms with Crippen molar-refractivity contribution in [3.63, 3.8) is 0 Å². The van der Waals surface area contributed by atoms with Crippen LogP contribution in [0.25, 0.3) is 21.7 Å². The average molecular weight is 252 g/mol. The molecule has 0 unspecified atom stereocenters. The number of halogens is 1. The van der Waals surface area contributed by atoms with Crippen molar-refractivity contribution in [3.8, 4) is 12.3 Å². The summed E-state index contributed by atoms with van der Waals surface area (Å²) in [4.78, 5) is 0. The predicted octanol–water partition coefficient (Wildman–Crippen LogP) is 3.96. The molecule has 0 bridgehead atoms. The van der Waals surface area contributed by atoms with Gasteiger partial charge in [0, 0.05) is 10.8 Å². The second-order valence-corrected chi connectivity index (χ2v) is 4.94. The fraction of sp³-hybridized carbons (Fsp3) is 0.188. The van der Waals surface area contributed by atoms with Crippen LogP contribution in [-0.2, 0) is 0 Å². The molecule has 0 fully saturated rings. The van der Waals surface area contributed by atoms with Crippen LogP contribution in [-0.4, -0.2) is 10.2 Å². The number of aromatic amines is 1. The molecule has 0 aliphatic rings. The minimum atomic E-state index is -0.347. The van der Waals surface area contributed by atoms with E-state index < -0.39 is 0 Å². The molecule has 0 spiro atoms. The van der Waals surface area contributed by atoms with E-state index in [0.29, 0.717) is 5.56 Å². The van der Waals surface area contributed by atoms with Gasteiger partial charge in [0.2, 0.25) is 0 Å². The molecule has 94 valence electrons.